The minimum atomic E-state index is -3.59. The van der Waals surface area contributed by atoms with Crippen molar-refractivity contribution in [1.29, 1.82) is 0 Å². The first-order chi connectivity index (χ1) is 12.5. The standard InChI is InChI=1S/C20H22N2O2S2/c1-16-7-8-20(17(2)13-16)26(23,24)22(11-9-19-6-4-12-25-19)15-18-5-3-10-21-14-18/h3-8,10,12-14H,9,11,15H2,1-2H3. The van der Waals surface area contributed by atoms with Gasteiger partial charge in [-0.1, -0.05) is 29.8 Å². The maximum Gasteiger partial charge on any atom is 0.243 e. The molecule has 0 N–H and O–H groups in total. The van der Waals surface area contributed by atoms with E-state index < -0.39 is 10.0 Å². The van der Waals surface area contributed by atoms with Crippen LogP contribution in [0.4, 0.5) is 0 Å². The molecule has 1 aromatic carbocycles. The molecule has 0 saturated carbocycles. The zero-order valence-electron chi connectivity index (χ0n) is 14.9. The lowest BCUT2D eigenvalue weighted by Crippen LogP contribution is -2.33. The van der Waals surface area contributed by atoms with Gasteiger partial charge in [0.25, 0.3) is 0 Å². The van der Waals surface area contributed by atoms with Crippen molar-refractivity contribution >= 4 is 21.4 Å². The van der Waals surface area contributed by atoms with Crippen LogP contribution in [-0.4, -0.2) is 24.3 Å². The van der Waals surface area contributed by atoms with Crippen molar-refractivity contribution in [3.8, 4) is 0 Å². The third-order valence-corrected chi connectivity index (χ3v) is 7.16. The normalized spacial score (nSPS) is 11.8. The summed E-state index contributed by atoms with van der Waals surface area (Å²) in [5, 5.41) is 2.01. The molecule has 6 heteroatoms. The van der Waals surface area contributed by atoms with Crippen LogP contribution in [0.2, 0.25) is 0 Å². The second-order valence-electron chi connectivity index (χ2n) is 6.30. The van der Waals surface area contributed by atoms with Crippen LogP contribution in [-0.2, 0) is 23.0 Å². The molecule has 0 fully saturated rings. The number of aromatic nitrogens is 1. The molecular formula is C20H22N2O2S2. The van der Waals surface area contributed by atoms with Crippen LogP contribution in [0, 0.1) is 13.8 Å². The van der Waals surface area contributed by atoms with Crippen LogP contribution in [0.5, 0.6) is 0 Å². The average Bonchev–Trinajstić information content (AvgIpc) is 3.12. The molecule has 0 aliphatic rings. The van der Waals surface area contributed by atoms with Gasteiger partial charge in [0.15, 0.2) is 0 Å². The molecular weight excluding hydrogens is 364 g/mol. The Morgan fingerprint density at radius 1 is 1.12 bits per heavy atom. The SMILES string of the molecule is Cc1ccc(S(=O)(=O)N(CCc2cccs2)Cc2cccnc2)c(C)c1. The molecule has 3 aromatic rings. The van der Waals surface area contributed by atoms with Crippen LogP contribution in [0.1, 0.15) is 21.6 Å². The Bertz CT molecular complexity index is 953. The molecule has 2 heterocycles. The molecule has 0 saturated heterocycles. The van der Waals surface area contributed by atoms with Crippen molar-refractivity contribution in [2.45, 2.75) is 31.7 Å². The lowest BCUT2D eigenvalue weighted by molar-refractivity contribution is 0.409. The summed E-state index contributed by atoms with van der Waals surface area (Å²) >= 11 is 1.65. The monoisotopic (exact) mass is 386 g/mol. The van der Waals surface area contributed by atoms with Crippen molar-refractivity contribution in [3.05, 3.63) is 81.8 Å². The van der Waals surface area contributed by atoms with Crippen LogP contribution in [0.3, 0.4) is 0 Å². The van der Waals surface area contributed by atoms with Crippen LogP contribution >= 0.6 is 11.3 Å². The Morgan fingerprint density at radius 3 is 2.62 bits per heavy atom. The summed E-state index contributed by atoms with van der Waals surface area (Å²) in [5.41, 5.74) is 2.71. The molecule has 3 rings (SSSR count). The second kappa shape index (κ2) is 8.12. The van der Waals surface area contributed by atoms with E-state index in [1.807, 2.05) is 55.6 Å². The van der Waals surface area contributed by atoms with E-state index in [9.17, 15) is 8.42 Å². The van der Waals surface area contributed by atoms with Crippen LogP contribution in [0.15, 0.2) is 65.1 Å². The highest BCUT2D eigenvalue weighted by atomic mass is 32.2. The van der Waals surface area contributed by atoms with E-state index in [4.69, 9.17) is 0 Å². The first-order valence-corrected chi connectivity index (χ1v) is 10.8. The average molecular weight is 387 g/mol. The molecule has 0 unspecified atom stereocenters. The highest BCUT2D eigenvalue weighted by Crippen LogP contribution is 2.23. The van der Waals surface area contributed by atoms with Crippen LogP contribution < -0.4 is 0 Å². The number of pyridine rings is 1. The second-order valence-corrected chi connectivity index (χ2v) is 9.24. The summed E-state index contributed by atoms with van der Waals surface area (Å²) in [6.45, 7) is 4.56. The summed E-state index contributed by atoms with van der Waals surface area (Å²) in [4.78, 5) is 5.66. The number of sulfonamides is 1. The molecule has 0 amide bonds. The van der Waals surface area contributed by atoms with Gasteiger partial charge in [0.2, 0.25) is 10.0 Å². The predicted octanol–water partition coefficient (Wildman–Crippen LogP) is 4.19. The van der Waals surface area contributed by atoms with E-state index in [2.05, 4.69) is 4.98 Å². The number of benzene rings is 1. The topological polar surface area (TPSA) is 50.3 Å². The summed E-state index contributed by atoms with van der Waals surface area (Å²) < 4.78 is 28.2. The molecule has 0 spiro atoms. The predicted molar refractivity (Wildman–Crippen MR) is 106 cm³/mol. The van der Waals surface area contributed by atoms with Gasteiger partial charge in [-0.15, -0.1) is 11.3 Å². The minimum absolute atomic E-state index is 0.314. The maximum atomic E-state index is 13.3. The van der Waals surface area contributed by atoms with Gasteiger partial charge in [0.1, 0.15) is 0 Å². The van der Waals surface area contributed by atoms with Gasteiger partial charge in [-0.2, -0.15) is 4.31 Å². The first-order valence-electron chi connectivity index (χ1n) is 8.45. The summed E-state index contributed by atoms with van der Waals surface area (Å²) in [5.74, 6) is 0. The Labute approximate surface area is 159 Å². The smallest absolute Gasteiger partial charge is 0.243 e. The van der Waals surface area contributed by atoms with E-state index in [0.29, 0.717) is 24.4 Å². The van der Waals surface area contributed by atoms with Crippen molar-refractivity contribution in [2.75, 3.05) is 6.54 Å². The summed E-state index contributed by atoms with van der Waals surface area (Å²) in [7, 11) is -3.59. The van der Waals surface area contributed by atoms with E-state index in [1.165, 1.54) is 4.88 Å². The summed E-state index contributed by atoms with van der Waals surface area (Å²) in [6.07, 6.45) is 4.11. The minimum Gasteiger partial charge on any atom is -0.264 e. The molecule has 0 aliphatic carbocycles. The molecule has 0 atom stereocenters. The number of thiophene rings is 1. The highest BCUT2D eigenvalue weighted by molar-refractivity contribution is 7.89. The molecule has 0 radical (unpaired) electrons. The Hall–Kier alpha value is -2.02. The number of hydrogen-bond donors (Lipinski definition) is 0. The first kappa shape index (κ1) is 18.8. The number of rotatable bonds is 7. The van der Waals surface area contributed by atoms with E-state index in [0.717, 1.165) is 16.7 Å². The zero-order chi connectivity index (χ0) is 18.6. The van der Waals surface area contributed by atoms with E-state index in [1.54, 1.807) is 34.1 Å². The van der Waals surface area contributed by atoms with Gasteiger partial charge in [-0.3, -0.25) is 4.98 Å². The zero-order valence-corrected chi connectivity index (χ0v) is 16.6. The van der Waals surface area contributed by atoms with Gasteiger partial charge in [-0.05, 0) is 55.0 Å². The van der Waals surface area contributed by atoms with Crippen molar-refractivity contribution in [3.63, 3.8) is 0 Å². The third-order valence-electron chi connectivity index (χ3n) is 4.22. The molecule has 136 valence electrons. The fourth-order valence-corrected chi connectivity index (χ4v) is 5.23. The molecule has 26 heavy (non-hydrogen) atoms. The molecule has 4 nitrogen and oxygen atoms in total. The Balaban J connectivity index is 1.92. The van der Waals surface area contributed by atoms with Gasteiger partial charge in [-0.25, -0.2) is 8.42 Å². The van der Waals surface area contributed by atoms with Crippen molar-refractivity contribution in [2.24, 2.45) is 0 Å². The van der Waals surface area contributed by atoms with Gasteiger partial charge in [0.05, 0.1) is 4.90 Å². The van der Waals surface area contributed by atoms with Crippen LogP contribution in [0.25, 0.3) is 0 Å². The maximum absolute atomic E-state index is 13.3. The van der Waals surface area contributed by atoms with E-state index in [-0.39, 0.29) is 0 Å². The highest BCUT2D eigenvalue weighted by Gasteiger charge is 2.26. The number of hydrogen-bond acceptors (Lipinski definition) is 4. The fourth-order valence-electron chi connectivity index (χ4n) is 2.90. The largest absolute Gasteiger partial charge is 0.264 e. The fraction of sp³-hybridized carbons (Fsp3) is 0.250. The number of aryl methyl sites for hydroxylation is 2. The summed E-state index contributed by atoms with van der Waals surface area (Å²) in [6, 6.07) is 13.2. The quantitative estimate of drug-likeness (QED) is 0.612. The Kier molecular flexibility index (Phi) is 5.86. The lowest BCUT2D eigenvalue weighted by Gasteiger charge is -2.23. The third kappa shape index (κ3) is 4.38. The lowest BCUT2D eigenvalue weighted by atomic mass is 10.2. The van der Waals surface area contributed by atoms with Crippen molar-refractivity contribution < 1.29 is 8.42 Å². The van der Waals surface area contributed by atoms with Crippen molar-refractivity contribution in [1.82, 2.24) is 9.29 Å². The van der Waals surface area contributed by atoms with Gasteiger partial charge in [0, 0.05) is 30.4 Å². The van der Waals surface area contributed by atoms with E-state index >= 15 is 0 Å². The Morgan fingerprint density at radius 2 is 1.96 bits per heavy atom. The molecule has 0 bridgehead atoms. The number of nitrogens with zero attached hydrogens (tertiary/aromatic N) is 2. The molecule has 2 aromatic heterocycles. The molecule has 0 aliphatic heterocycles. The van der Waals surface area contributed by atoms with Gasteiger partial charge < -0.3 is 0 Å². The van der Waals surface area contributed by atoms with Gasteiger partial charge >= 0.3 is 0 Å².